The predicted molar refractivity (Wildman–Crippen MR) is 110 cm³/mol. The van der Waals surface area contributed by atoms with Gasteiger partial charge < -0.3 is 9.88 Å². The first kappa shape index (κ1) is 16.7. The van der Waals surface area contributed by atoms with Gasteiger partial charge in [-0.15, -0.1) is 0 Å². The highest BCUT2D eigenvalue weighted by molar-refractivity contribution is 8.18. The zero-order chi connectivity index (χ0) is 18.3. The van der Waals surface area contributed by atoms with Crippen molar-refractivity contribution in [1.29, 1.82) is 0 Å². The summed E-state index contributed by atoms with van der Waals surface area (Å²) in [5.74, 6) is -0.105. The molecule has 0 bridgehead atoms. The fourth-order valence-corrected chi connectivity index (χ4v) is 3.90. The van der Waals surface area contributed by atoms with Crippen LogP contribution in [-0.4, -0.2) is 15.6 Å². The Labute approximate surface area is 156 Å². The summed E-state index contributed by atoms with van der Waals surface area (Å²) in [6.07, 6.45) is 3.99. The number of fused-ring (bicyclic) bond motifs is 1. The van der Waals surface area contributed by atoms with Crippen molar-refractivity contribution in [2.75, 3.05) is 0 Å². The molecule has 0 aliphatic carbocycles. The molecule has 3 aromatic rings. The maximum absolute atomic E-state index is 12.4. The number of benzene rings is 2. The van der Waals surface area contributed by atoms with Crippen LogP contribution in [0.4, 0.5) is 5.69 Å². The minimum atomic E-state index is -0.105. The van der Waals surface area contributed by atoms with Gasteiger partial charge in [0.25, 0.3) is 5.91 Å². The number of hydrogen-bond donors (Lipinski definition) is 1. The Balaban J connectivity index is 1.69. The molecule has 1 aliphatic rings. The smallest absolute Gasteiger partial charge is 0.264 e. The molecule has 2 heterocycles. The second-order valence-electron chi connectivity index (χ2n) is 6.41. The van der Waals surface area contributed by atoms with E-state index < -0.39 is 0 Å². The van der Waals surface area contributed by atoms with Crippen molar-refractivity contribution in [3.8, 4) is 0 Å². The lowest BCUT2D eigenvalue weighted by Crippen LogP contribution is -2.19. The van der Waals surface area contributed by atoms with Gasteiger partial charge in [0.15, 0.2) is 5.17 Å². The Morgan fingerprint density at radius 1 is 1.12 bits per heavy atom. The molecule has 0 spiro atoms. The molecule has 130 valence electrons. The minimum absolute atomic E-state index is 0.105. The molecular weight excluding hydrogens is 342 g/mol. The maximum atomic E-state index is 12.4. The zero-order valence-corrected chi connectivity index (χ0v) is 15.7. The van der Waals surface area contributed by atoms with Gasteiger partial charge >= 0.3 is 0 Å². The number of aliphatic imine (C=N–C) groups is 1. The average Bonchev–Trinajstić information content (AvgIpc) is 3.13. The van der Waals surface area contributed by atoms with Gasteiger partial charge in [-0.25, -0.2) is 4.99 Å². The van der Waals surface area contributed by atoms with Crippen LogP contribution in [-0.2, 0) is 11.8 Å². The molecule has 26 heavy (non-hydrogen) atoms. The normalized spacial score (nSPS) is 17.4. The molecular formula is C21H19N3OS. The molecule has 4 nitrogen and oxygen atoms in total. The number of para-hydroxylation sites is 1. The van der Waals surface area contributed by atoms with Gasteiger partial charge in [-0.2, -0.15) is 0 Å². The highest BCUT2D eigenvalue weighted by Gasteiger charge is 2.24. The molecule has 0 atom stereocenters. The van der Waals surface area contributed by atoms with Crippen LogP contribution in [0.3, 0.4) is 0 Å². The van der Waals surface area contributed by atoms with Crippen molar-refractivity contribution >= 4 is 45.5 Å². The largest absolute Gasteiger partial charge is 0.350 e. The number of carbonyl (C=O) groups is 1. The fraction of sp³-hybridized carbons (Fsp3) is 0.143. The number of aromatic nitrogens is 1. The Bertz CT molecular complexity index is 1090. The number of nitrogens with zero attached hydrogens (tertiary/aromatic N) is 2. The monoisotopic (exact) mass is 361 g/mol. The summed E-state index contributed by atoms with van der Waals surface area (Å²) < 4.78 is 2.07. The van der Waals surface area contributed by atoms with Crippen molar-refractivity contribution in [3.05, 3.63) is 70.3 Å². The molecule has 0 saturated carbocycles. The molecule has 4 rings (SSSR count). The predicted octanol–water partition coefficient (Wildman–Crippen LogP) is 4.69. The number of hydrogen-bond acceptors (Lipinski definition) is 3. The first-order chi connectivity index (χ1) is 12.5. The van der Waals surface area contributed by atoms with E-state index in [1.54, 1.807) is 0 Å². The van der Waals surface area contributed by atoms with Gasteiger partial charge in [-0.3, -0.25) is 4.79 Å². The Hall–Kier alpha value is -2.79. The third-order valence-electron chi connectivity index (χ3n) is 4.66. The second-order valence-corrected chi connectivity index (χ2v) is 7.44. The topological polar surface area (TPSA) is 46.4 Å². The Morgan fingerprint density at radius 2 is 1.92 bits per heavy atom. The lowest BCUT2D eigenvalue weighted by atomic mass is 10.1. The van der Waals surface area contributed by atoms with Gasteiger partial charge in [-0.05, 0) is 54.9 Å². The van der Waals surface area contributed by atoms with Crippen molar-refractivity contribution in [3.63, 3.8) is 0 Å². The van der Waals surface area contributed by atoms with Crippen molar-refractivity contribution in [2.45, 2.75) is 13.8 Å². The summed E-state index contributed by atoms with van der Waals surface area (Å²) in [7, 11) is 2.01. The van der Waals surface area contributed by atoms with E-state index in [0.29, 0.717) is 10.1 Å². The molecule has 0 unspecified atom stereocenters. The minimum Gasteiger partial charge on any atom is -0.350 e. The Morgan fingerprint density at radius 3 is 2.77 bits per heavy atom. The summed E-state index contributed by atoms with van der Waals surface area (Å²) >= 11 is 1.38. The van der Waals surface area contributed by atoms with Crippen molar-refractivity contribution in [1.82, 2.24) is 9.88 Å². The number of nitrogens with one attached hydrogen (secondary N) is 1. The van der Waals surface area contributed by atoms with Crippen molar-refractivity contribution < 1.29 is 4.79 Å². The summed E-state index contributed by atoms with van der Waals surface area (Å²) in [4.78, 5) is 17.7. The van der Waals surface area contributed by atoms with Crippen LogP contribution < -0.4 is 5.32 Å². The summed E-state index contributed by atoms with van der Waals surface area (Å²) in [6, 6.07) is 14.2. The number of amides is 1. The molecule has 2 aromatic carbocycles. The number of aryl methyl sites for hydroxylation is 2. The molecule has 5 heteroatoms. The fourth-order valence-electron chi connectivity index (χ4n) is 3.08. The van der Waals surface area contributed by atoms with E-state index >= 15 is 0 Å². The third kappa shape index (κ3) is 2.95. The highest BCUT2D eigenvalue weighted by atomic mass is 32.2. The maximum Gasteiger partial charge on any atom is 0.264 e. The molecule has 1 saturated heterocycles. The van der Waals surface area contributed by atoms with Gasteiger partial charge in [0.05, 0.1) is 10.6 Å². The molecule has 1 aliphatic heterocycles. The van der Waals surface area contributed by atoms with E-state index in [0.717, 1.165) is 27.7 Å². The summed E-state index contributed by atoms with van der Waals surface area (Å²) in [5.41, 5.74) is 5.38. The molecule has 1 aromatic heterocycles. The van der Waals surface area contributed by atoms with Crippen LogP contribution in [0.5, 0.6) is 0 Å². The van der Waals surface area contributed by atoms with Crippen LogP contribution in [0.25, 0.3) is 17.0 Å². The van der Waals surface area contributed by atoms with E-state index in [2.05, 4.69) is 40.0 Å². The summed E-state index contributed by atoms with van der Waals surface area (Å²) in [5, 5.41) is 4.63. The third-order valence-corrected chi connectivity index (χ3v) is 5.57. The van der Waals surface area contributed by atoms with Crippen LogP contribution in [0, 0.1) is 13.8 Å². The number of amidine groups is 1. The SMILES string of the molecule is Cc1cccc(N=C2NC(=O)/C(=C\c3cn(C)c4ccccc34)S2)c1C. The first-order valence-corrected chi connectivity index (χ1v) is 9.24. The molecule has 0 radical (unpaired) electrons. The van der Waals surface area contributed by atoms with E-state index in [1.165, 1.54) is 17.3 Å². The van der Waals surface area contributed by atoms with E-state index in [4.69, 9.17) is 0 Å². The molecule has 1 N–H and O–H groups in total. The second kappa shape index (κ2) is 6.50. The van der Waals surface area contributed by atoms with Crippen molar-refractivity contribution in [2.24, 2.45) is 12.0 Å². The van der Waals surface area contributed by atoms with Gasteiger partial charge in [0, 0.05) is 29.7 Å². The standard InChI is InChI=1S/C21H19N3OS/c1-13-7-6-9-17(14(13)2)22-21-23-20(25)19(26-21)11-15-12-24(3)18-10-5-4-8-16(15)18/h4-12H,1-3H3,(H,22,23,25)/b19-11+. The summed E-state index contributed by atoms with van der Waals surface area (Å²) in [6.45, 7) is 4.11. The first-order valence-electron chi connectivity index (χ1n) is 8.43. The zero-order valence-electron chi connectivity index (χ0n) is 14.9. The van der Waals surface area contributed by atoms with Crippen LogP contribution in [0.2, 0.25) is 0 Å². The van der Waals surface area contributed by atoms with E-state index in [-0.39, 0.29) is 5.91 Å². The average molecular weight is 361 g/mol. The molecule has 1 fully saturated rings. The number of carbonyl (C=O) groups excluding carboxylic acids is 1. The Kier molecular flexibility index (Phi) is 4.17. The lowest BCUT2D eigenvalue weighted by molar-refractivity contribution is -0.115. The number of rotatable bonds is 2. The van der Waals surface area contributed by atoms with E-state index in [1.807, 2.05) is 50.5 Å². The van der Waals surface area contributed by atoms with E-state index in [9.17, 15) is 4.79 Å². The van der Waals surface area contributed by atoms with Crippen LogP contribution in [0.1, 0.15) is 16.7 Å². The highest BCUT2D eigenvalue weighted by Crippen LogP contribution is 2.31. The van der Waals surface area contributed by atoms with Gasteiger partial charge in [0.2, 0.25) is 0 Å². The van der Waals surface area contributed by atoms with Gasteiger partial charge in [0.1, 0.15) is 0 Å². The van der Waals surface area contributed by atoms with Crippen LogP contribution >= 0.6 is 11.8 Å². The van der Waals surface area contributed by atoms with Crippen LogP contribution in [0.15, 0.2) is 58.6 Å². The lowest BCUT2D eigenvalue weighted by Gasteiger charge is -2.04. The number of thioether (sulfide) groups is 1. The molecule has 1 amide bonds. The quantitative estimate of drug-likeness (QED) is 0.673. The van der Waals surface area contributed by atoms with Gasteiger partial charge in [-0.1, -0.05) is 30.3 Å².